The van der Waals surface area contributed by atoms with Gasteiger partial charge in [0.2, 0.25) is 0 Å². The first-order chi connectivity index (χ1) is 7.75. The zero-order valence-corrected chi connectivity index (χ0v) is 9.20. The fraction of sp³-hybridized carbons (Fsp3) is 0. The Morgan fingerprint density at radius 2 is 1.62 bits per heavy atom. The lowest BCUT2D eigenvalue weighted by Crippen LogP contribution is -1.78. The van der Waals surface area contributed by atoms with Gasteiger partial charge in [0, 0.05) is 21.8 Å². The van der Waals surface area contributed by atoms with E-state index >= 15 is 0 Å². The number of hydrogen-bond acceptors (Lipinski definition) is 2. The minimum Gasteiger partial charge on any atom is -0.355 e. The summed E-state index contributed by atoms with van der Waals surface area (Å²) in [5.41, 5.74) is 1.98. The third kappa shape index (κ3) is 1.31. The summed E-state index contributed by atoms with van der Waals surface area (Å²) < 4.78 is 21.9. The summed E-state index contributed by atoms with van der Waals surface area (Å²) in [7, 11) is -2.52. The van der Waals surface area contributed by atoms with Crippen LogP contribution in [0.1, 0.15) is 0 Å². The van der Waals surface area contributed by atoms with E-state index in [0.29, 0.717) is 4.90 Å². The zero-order chi connectivity index (χ0) is 11.1. The smallest absolute Gasteiger partial charge is 0.168 e. The highest BCUT2D eigenvalue weighted by molar-refractivity contribution is 7.72. The van der Waals surface area contributed by atoms with Gasteiger partial charge >= 0.3 is 0 Å². The second-order valence-corrected chi connectivity index (χ2v) is 4.69. The van der Waals surface area contributed by atoms with Gasteiger partial charge in [0.25, 0.3) is 0 Å². The maximum Gasteiger partial charge on any atom is 0.168 e. The Hall–Kier alpha value is -1.81. The maximum atomic E-state index is 10.9. The molecule has 0 saturated carbocycles. The largest absolute Gasteiger partial charge is 0.355 e. The van der Waals surface area contributed by atoms with Gasteiger partial charge in [-0.15, -0.1) is 0 Å². The molecule has 1 heterocycles. The van der Waals surface area contributed by atoms with Gasteiger partial charge in [0.15, 0.2) is 10.7 Å². The summed E-state index contributed by atoms with van der Waals surface area (Å²) in [5.74, 6) is 0. The predicted molar refractivity (Wildman–Crippen MR) is 64.4 cm³/mol. The topological polar surface area (TPSA) is 49.9 Å². The second-order valence-electron chi connectivity index (χ2n) is 3.66. The van der Waals surface area contributed by atoms with Crippen molar-refractivity contribution in [1.29, 1.82) is 0 Å². The number of rotatable bonds is 1. The molecule has 0 spiro atoms. The van der Waals surface area contributed by atoms with Crippen molar-refractivity contribution >= 4 is 32.5 Å². The van der Waals surface area contributed by atoms with Crippen molar-refractivity contribution in [2.45, 2.75) is 4.90 Å². The molecule has 0 radical (unpaired) electrons. The third-order valence-electron chi connectivity index (χ3n) is 2.70. The highest BCUT2D eigenvalue weighted by Crippen LogP contribution is 2.26. The average molecular weight is 231 g/mol. The summed E-state index contributed by atoms with van der Waals surface area (Å²) in [4.78, 5) is 3.60. The number of para-hydroxylation sites is 1. The van der Waals surface area contributed by atoms with Crippen LogP contribution in [-0.2, 0) is 10.7 Å². The van der Waals surface area contributed by atoms with Crippen molar-refractivity contribution < 1.29 is 8.42 Å². The number of benzene rings is 2. The van der Waals surface area contributed by atoms with E-state index in [9.17, 15) is 8.42 Å². The van der Waals surface area contributed by atoms with Crippen LogP contribution in [0.15, 0.2) is 47.4 Å². The highest BCUT2D eigenvalue weighted by Gasteiger charge is 2.04. The number of thiol groups is 1. The molecular formula is C12H9NO2S. The third-order valence-corrected chi connectivity index (χ3v) is 3.40. The molecule has 3 nitrogen and oxygen atoms in total. The van der Waals surface area contributed by atoms with Crippen molar-refractivity contribution in [3.05, 3.63) is 42.5 Å². The van der Waals surface area contributed by atoms with Crippen LogP contribution in [0.2, 0.25) is 0 Å². The molecule has 0 fully saturated rings. The molecule has 2 aromatic carbocycles. The number of fused-ring (bicyclic) bond motifs is 3. The fourth-order valence-corrected chi connectivity index (χ4v) is 2.38. The Morgan fingerprint density at radius 1 is 0.875 bits per heavy atom. The molecular weight excluding hydrogens is 222 g/mol. The van der Waals surface area contributed by atoms with Crippen LogP contribution in [0.5, 0.6) is 0 Å². The first-order valence-corrected chi connectivity index (χ1v) is 6.08. The van der Waals surface area contributed by atoms with Crippen molar-refractivity contribution in [2.24, 2.45) is 0 Å². The molecule has 0 amide bonds. The van der Waals surface area contributed by atoms with Gasteiger partial charge in [-0.1, -0.05) is 18.2 Å². The molecule has 80 valence electrons. The van der Waals surface area contributed by atoms with Crippen LogP contribution in [0, 0.1) is 0 Å². The number of nitrogens with one attached hydrogen (secondary N) is 1. The Morgan fingerprint density at radius 3 is 2.44 bits per heavy atom. The second kappa shape index (κ2) is 3.35. The lowest BCUT2D eigenvalue weighted by Gasteiger charge is -1.92. The van der Waals surface area contributed by atoms with E-state index in [4.69, 9.17) is 0 Å². The summed E-state index contributed by atoms with van der Waals surface area (Å²) in [5, 5.41) is 2.00. The van der Waals surface area contributed by atoms with E-state index in [2.05, 4.69) is 4.98 Å². The van der Waals surface area contributed by atoms with Crippen LogP contribution < -0.4 is 0 Å². The summed E-state index contributed by atoms with van der Waals surface area (Å²) in [6.07, 6.45) is 0. The number of aromatic nitrogens is 1. The maximum absolute atomic E-state index is 10.9. The van der Waals surface area contributed by atoms with E-state index in [1.54, 1.807) is 18.2 Å². The lowest BCUT2D eigenvalue weighted by molar-refractivity contribution is 0.614. The van der Waals surface area contributed by atoms with Crippen LogP contribution in [0.3, 0.4) is 0 Å². The normalized spacial score (nSPS) is 11.6. The van der Waals surface area contributed by atoms with Crippen molar-refractivity contribution in [3.8, 4) is 0 Å². The summed E-state index contributed by atoms with van der Waals surface area (Å²) in [6.45, 7) is 0. The fourth-order valence-electron chi connectivity index (χ4n) is 1.95. The summed E-state index contributed by atoms with van der Waals surface area (Å²) >= 11 is 0. The minimum absolute atomic E-state index is 0.354. The van der Waals surface area contributed by atoms with Gasteiger partial charge in [0.05, 0.1) is 4.90 Å². The van der Waals surface area contributed by atoms with Gasteiger partial charge in [-0.3, -0.25) is 0 Å². The molecule has 0 aliphatic carbocycles. The Balaban J connectivity index is 2.49. The highest BCUT2D eigenvalue weighted by atomic mass is 32.2. The molecule has 1 N–H and O–H groups in total. The summed E-state index contributed by atoms with van der Waals surface area (Å²) in [6, 6.07) is 13.0. The molecule has 0 bridgehead atoms. The van der Waals surface area contributed by atoms with Crippen LogP contribution >= 0.6 is 0 Å². The van der Waals surface area contributed by atoms with E-state index in [-0.39, 0.29) is 0 Å². The van der Waals surface area contributed by atoms with Crippen LogP contribution in [0.4, 0.5) is 0 Å². The quantitative estimate of drug-likeness (QED) is 0.631. The molecule has 0 saturated heterocycles. The molecule has 16 heavy (non-hydrogen) atoms. The molecule has 4 heteroatoms. The van der Waals surface area contributed by atoms with Crippen molar-refractivity contribution in [1.82, 2.24) is 4.98 Å². The predicted octanol–water partition coefficient (Wildman–Crippen LogP) is 2.29. The Bertz CT molecular complexity index is 748. The van der Waals surface area contributed by atoms with Crippen molar-refractivity contribution in [3.63, 3.8) is 0 Å². The monoisotopic (exact) mass is 231 g/mol. The van der Waals surface area contributed by atoms with E-state index in [1.165, 1.54) is 0 Å². The van der Waals surface area contributed by atoms with Crippen molar-refractivity contribution in [2.75, 3.05) is 0 Å². The average Bonchev–Trinajstić information content (AvgIpc) is 2.66. The molecule has 3 rings (SSSR count). The lowest BCUT2D eigenvalue weighted by atomic mass is 10.1. The van der Waals surface area contributed by atoms with E-state index in [0.717, 1.165) is 21.8 Å². The first kappa shape index (κ1) is 9.42. The van der Waals surface area contributed by atoms with E-state index < -0.39 is 10.7 Å². The van der Waals surface area contributed by atoms with Gasteiger partial charge < -0.3 is 4.98 Å². The Kier molecular flexibility index (Phi) is 1.97. The molecule has 0 aliphatic rings. The zero-order valence-electron chi connectivity index (χ0n) is 8.31. The molecule has 0 atom stereocenters. The Labute approximate surface area is 93.7 Å². The minimum atomic E-state index is -2.52. The standard InChI is InChI=1S/C12H9NO2S/c14-16(15)8-5-6-12-10(7-8)9-3-1-2-4-11(9)13-12/h1-7,13,16H. The van der Waals surface area contributed by atoms with Gasteiger partial charge in [-0.25, -0.2) is 8.42 Å². The van der Waals surface area contributed by atoms with Crippen LogP contribution in [-0.4, -0.2) is 13.4 Å². The SMILES string of the molecule is O=[SH](=O)c1ccc2[nH]c3ccccc3c2c1. The molecule has 3 aromatic rings. The van der Waals surface area contributed by atoms with Gasteiger partial charge in [0.1, 0.15) is 0 Å². The number of hydrogen-bond donors (Lipinski definition) is 2. The first-order valence-electron chi connectivity index (χ1n) is 4.90. The number of H-pyrrole nitrogens is 1. The van der Waals surface area contributed by atoms with Gasteiger partial charge in [-0.2, -0.15) is 0 Å². The van der Waals surface area contributed by atoms with E-state index in [1.807, 2.05) is 24.3 Å². The molecule has 0 unspecified atom stereocenters. The molecule has 1 aromatic heterocycles. The molecule has 0 aliphatic heterocycles. The number of aromatic amines is 1. The van der Waals surface area contributed by atoms with Crippen LogP contribution in [0.25, 0.3) is 21.8 Å². The van der Waals surface area contributed by atoms with Gasteiger partial charge in [-0.05, 0) is 24.3 Å².